The number of aliphatic carboxylic acids is 6. The molecule has 363 valence electrons. The van der Waals surface area contributed by atoms with Crippen molar-refractivity contribution in [3.8, 4) is 0 Å². The molecule has 31 heteroatoms. The molecule has 0 aromatic heterocycles. The molecular weight excluding hydrogens is 1510 g/mol. The van der Waals surface area contributed by atoms with Gasteiger partial charge >= 0.3 is 0 Å². The van der Waals surface area contributed by atoms with Crippen molar-refractivity contribution in [3.63, 3.8) is 0 Å². The Morgan fingerprint density at radius 3 is 0.689 bits per heavy atom. The van der Waals surface area contributed by atoms with Crippen LogP contribution in [0.5, 0.6) is 0 Å². The van der Waals surface area contributed by atoms with Gasteiger partial charge in [0, 0.05) is 301 Å². The summed E-state index contributed by atoms with van der Waals surface area (Å²) in [5, 5.41) is 114. The number of aliphatic hydroxyl groups is 9. The van der Waals surface area contributed by atoms with E-state index in [4.69, 9.17) is 86.2 Å². The fourth-order valence-electron chi connectivity index (χ4n) is 0.521. The van der Waals surface area contributed by atoms with Crippen molar-refractivity contribution in [2.24, 2.45) is 0 Å². The molecule has 0 saturated carbocycles. The predicted octanol–water partition coefficient (Wildman–Crippen LogP) is -0.0700. The molecule has 0 aliphatic carbocycles. The van der Waals surface area contributed by atoms with Gasteiger partial charge in [-0.3, -0.25) is 48.5 Å². The molecule has 0 bridgehead atoms. The average molecular weight is 1580 g/mol. The van der Waals surface area contributed by atoms with Gasteiger partial charge in [-0.15, -0.1) is 6.79 Å². The van der Waals surface area contributed by atoms with Gasteiger partial charge < -0.3 is 155 Å². The summed E-state index contributed by atoms with van der Waals surface area (Å²) in [5.41, 5.74) is 0. The Morgan fingerprint density at radius 2 is 0.656 bits per heavy atom. The van der Waals surface area contributed by atoms with Crippen molar-refractivity contribution in [2.45, 2.75) is 12.8 Å². The van der Waals surface area contributed by atoms with Crippen LogP contribution in [0.2, 0.25) is 0 Å². The summed E-state index contributed by atoms with van der Waals surface area (Å²) < 4.78 is 0. The van der Waals surface area contributed by atoms with Gasteiger partial charge in [0.2, 0.25) is 0 Å². The fourth-order valence-corrected chi connectivity index (χ4v) is 0.521. The minimum absolute atomic E-state index is 0. The predicted molar refractivity (Wildman–Crippen MR) is 195 cm³/mol. The summed E-state index contributed by atoms with van der Waals surface area (Å²) in [5.74, 6) is -7.61. The Balaban J connectivity index is -0.00000000839. The molecule has 9 radical (unpaired) electrons. The van der Waals surface area contributed by atoms with Gasteiger partial charge in [-0.25, -0.2) is 0 Å². The average Bonchev–Trinajstić information content (AvgIpc) is 2.87. The maximum Gasteiger partial charge on any atom is 0.275 e. The van der Waals surface area contributed by atoms with Crippen molar-refractivity contribution in [1.29, 1.82) is 0 Å². The van der Waals surface area contributed by atoms with Gasteiger partial charge in [-0.1, -0.05) is 32.8 Å². The molecule has 0 rings (SSSR count). The van der Waals surface area contributed by atoms with Crippen LogP contribution >= 0.6 is 0 Å². The van der Waals surface area contributed by atoms with Crippen LogP contribution in [0.3, 0.4) is 0 Å². The zero-order valence-corrected chi connectivity index (χ0v) is 62.1. The first-order chi connectivity index (χ1) is 19.4. The Bertz CT molecular complexity index is 590. The van der Waals surface area contributed by atoms with Crippen molar-refractivity contribution in [1.82, 2.24) is 0 Å². The first-order valence-electron chi connectivity index (χ1n) is 9.99. The number of hydrogen-bond donors (Lipinski definition) is 15. The molecular formula is C30H67O22Y9-17. The van der Waals surface area contributed by atoms with Crippen LogP contribution in [-0.2, 0) is 323 Å². The van der Waals surface area contributed by atoms with Crippen LogP contribution in [0.4, 0.5) is 0 Å². The van der Waals surface area contributed by atoms with Crippen LogP contribution < -0.4 is 0 Å². The minimum Gasteiger partial charge on any atom is -0.564 e. The summed E-state index contributed by atoms with van der Waals surface area (Å²) in [6.45, 7) is 3.22. The molecule has 17 N–H and O–H groups in total. The topological polar surface area (TPSA) is 437 Å². The Hall–Kier alpha value is 5.84. The summed E-state index contributed by atoms with van der Waals surface area (Å²) in [4.78, 5) is 55.9. The SMILES string of the molecule is O.O=C(O)[CH-]C(=O)O.O=C(O)[CH-]CC(=O)O.O=C(O)[CH-]O.OC[CH-]CCO.OC[CH-]CO.O[CH-]CO.O[CH-]O.[CH2-]C(=O)O.[CH3-].[CH3-].[CH3-].[CH3-].[CH3-].[CH3-].[CH3-].[CH3-].[CH3-].[Y].[Y].[Y].[Y].[Y].[Y].[Y].[Y].[Y]. The summed E-state index contributed by atoms with van der Waals surface area (Å²) in [6.07, 6.45) is 3.99. The van der Waals surface area contributed by atoms with E-state index in [2.05, 4.69) is 6.92 Å². The molecule has 0 saturated heterocycles. The van der Waals surface area contributed by atoms with E-state index in [-0.39, 0.29) is 420 Å². The first kappa shape index (κ1) is 183. The van der Waals surface area contributed by atoms with E-state index in [9.17, 15) is 19.2 Å². The molecule has 0 unspecified atom stereocenters. The number of aliphatic hydroxyl groups excluding tert-OH is 8. The van der Waals surface area contributed by atoms with Gasteiger partial charge in [0.05, 0.1) is 0 Å². The van der Waals surface area contributed by atoms with E-state index >= 15 is 0 Å². The van der Waals surface area contributed by atoms with E-state index in [0.717, 1.165) is 0 Å². The summed E-state index contributed by atoms with van der Waals surface area (Å²) in [6, 6.07) is 0. The number of rotatable bonds is 12. The quantitative estimate of drug-likeness (QED) is 0.0691. The van der Waals surface area contributed by atoms with Gasteiger partial charge in [-0.05, 0) is 0 Å². The molecule has 0 spiro atoms. The smallest absolute Gasteiger partial charge is 0.275 e. The third-order valence-electron chi connectivity index (χ3n) is 1.61. The molecule has 0 aromatic carbocycles. The number of carboxylic acid groups (broad SMARTS) is 6. The minimum atomic E-state index is -1.44. The maximum atomic E-state index is 9.61. The molecule has 0 heterocycles. The molecule has 61 heavy (non-hydrogen) atoms. The van der Waals surface area contributed by atoms with Crippen molar-refractivity contribution >= 4 is 35.8 Å². The number of carboxylic acids is 6. The first-order valence-corrected chi connectivity index (χ1v) is 9.99. The second-order valence-electron chi connectivity index (χ2n) is 4.94. The standard InChI is InChI=1S/C4H5O4.C4H9O2.C3H3O4.C3H7O2.C2H3O3.C2H3O2.C2H5O2.CH3O2.9CH3.H2O.9Y/c5-3(6)1-2-4(7)8;5-3-1-2-4-6;4-2(5)1-3(6)7;4-2-1-3-5;3-1-2(4)5;1-2(3)4;3-1-2-4;2-1-3;;;;;;;;;;;;;;;;;;;/h1H,2H2,(H,5,6)(H,7,8);1,5-6H,2-4H2;1H,(H,4,5)(H,6,7);1,4-5H,2-3H2;1,3H,(H,4,5);1H2,(H,3,4);1,3-4H,2H2;1-3H;9*1H3;1H2;;;;;;;;;/q17*-1;;;;;;;;;;. The number of unbranched alkanes of at least 4 members (excludes halogenated alkanes) is 1. The van der Waals surface area contributed by atoms with E-state index in [1.54, 1.807) is 6.42 Å². The summed E-state index contributed by atoms with van der Waals surface area (Å²) in [7, 11) is 0. The largest absolute Gasteiger partial charge is 0.564 e. The van der Waals surface area contributed by atoms with Crippen LogP contribution in [0.15, 0.2) is 0 Å². The van der Waals surface area contributed by atoms with Crippen molar-refractivity contribution in [3.05, 3.63) is 119 Å². The normalized spacial score (nSPS) is 5.20. The zero-order chi connectivity index (χ0) is 35.4. The Kier molecular flexibility index (Phi) is 579. The molecule has 0 aliphatic heterocycles. The van der Waals surface area contributed by atoms with Gasteiger partial charge in [0.15, 0.2) is 29.8 Å². The number of hydrogen-bond acceptors (Lipinski definition) is 15. The van der Waals surface area contributed by atoms with E-state index in [1.807, 2.05) is 0 Å². The molecule has 0 fully saturated rings. The maximum absolute atomic E-state index is 9.61. The molecule has 0 amide bonds. The third kappa shape index (κ3) is 514. The molecule has 22 nitrogen and oxygen atoms in total. The number of carbonyl (C=O) groups is 6. The molecule has 0 aliphatic rings. The summed E-state index contributed by atoms with van der Waals surface area (Å²) >= 11 is 0. The molecule has 0 atom stereocenters. The van der Waals surface area contributed by atoms with Gasteiger partial charge in [-0.2, -0.15) is 26.1 Å². The second-order valence-corrected chi connectivity index (χ2v) is 4.94. The Labute approximate surface area is 594 Å². The monoisotopic (exact) mass is 1580 g/mol. The second kappa shape index (κ2) is 193. The fraction of sp³-hybridized carbons (Fsp3) is 0.233. The van der Waals surface area contributed by atoms with E-state index in [1.165, 1.54) is 6.42 Å². The van der Waals surface area contributed by atoms with Crippen LogP contribution in [0, 0.1) is 119 Å². The van der Waals surface area contributed by atoms with Crippen LogP contribution in [-0.4, -0.2) is 151 Å². The van der Waals surface area contributed by atoms with E-state index < -0.39 is 42.2 Å². The van der Waals surface area contributed by atoms with Crippen molar-refractivity contribution < 1.29 is 405 Å². The van der Waals surface area contributed by atoms with Crippen LogP contribution in [0.25, 0.3) is 0 Å². The zero-order valence-electron chi connectivity index (χ0n) is 36.6. The van der Waals surface area contributed by atoms with Crippen molar-refractivity contribution in [2.75, 3.05) is 33.0 Å². The molecule has 0 aromatic rings. The van der Waals surface area contributed by atoms with E-state index in [0.29, 0.717) is 19.4 Å². The third-order valence-corrected chi connectivity index (χ3v) is 1.61. The van der Waals surface area contributed by atoms with Gasteiger partial charge in [0.1, 0.15) is 0 Å². The van der Waals surface area contributed by atoms with Gasteiger partial charge in [0.25, 0.3) is 5.97 Å². The van der Waals surface area contributed by atoms with Crippen LogP contribution in [0.1, 0.15) is 12.8 Å². The Morgan fingerprint density at radius 1 is 0.443 bits per heavy atom.